The van der Waals surface area contributed by atoms with Gasteiger partial charge in [-0.05, 0) is 57.0 Å². The number of pyridine rings is 1. The van der Waals surface area contributed by atoms with Crippen molar-refractivity contribution in [3.8, 4) is 5.75 Å². The molecule has 1 spiro atoms. The molecular weight excluding hydrogens is 340 g/mol. The van der Waals surface area contributed by atoms with E-state index in [9.17, 15) is 0 Å². The molecular formula is C21H26N4O2. The summed E-state index contributed by atoms with van der Waals surface area (Å²) in [5, 5.41) is 8.69. The van der Waals surface area contributed by atoms with E-state index in [1.807, 2.05) is 38.1 Å². The van der Waals surface area contributed by atoms with Gasteiger partial charge in [-0.15, -0.1) is 0 Å². The van der Waals surface area contributed by atoms with Gasteiger partial charge in [0, 0.05) is 36.1 Å². The number of anilines is 2. The largest absolute Gasteiger partial charge is 0.491 e. The zero-order valence-corrected chi connectivity index (χ0v) is 15.9. The maximum atomic E-state index is 8.69. The summed E-state index contributed by atoms with van der Waals surface area (Å²) in [6.45, 7) is 6.38. The third kappa shape index (κ3) is 3.76. The third-order valence-corrected chi connectivity index (χ3v) is 5.08. The fraction of sp³-hybridized carbons (Fsp3) is 0.429. The van der Waals surface area contributed by atoms with E-state index >= 15 is 0 Å². The summed E-state index contributed by atoms with van der Waals surface area (Å²) in [5.41, 5.74) is 8.59. The molecule has 1 aromatic carbocycles. The van der Waals surface area contributed by atoms with Crippen LogP contribution in [0.2, 0.25) is 0 Å². The van der Waals surface area contributed by atoms with Crippen molar-refractivity contribution in [2.24, 2.45) is 0 Å². The number of morpholine rings is 1. The number of benzene rings is 1. The summed E-state index contributed by atoms with van der Waals surface area (Å²) in [5.74, 6) is 1.61. The molecule has 142 valence electrons. The first-order valence-electron chi connectivity index (χ1n) is 9.46. The van der Waals surface area contributed by atoms with Crippen molar-refractivity contribution in [3.05, 3.63) is 47.7 Å². The fourth-order valence-electron chi connectivity index (χ4n) is 3.48. The highest BCUT2D eigenvalue weighted by Crippen LogP contribution is 2.42. The molecule has 1 aliphatic carbocycles. The number of nitrogens with one attached hydrogen (secondary N) is 1. The van der Waals surface area contributed by atoms with Crippen LogP contribution in [0.1, 0.15) is 37.8 Å². The molecule has 2 aromatic rings. The predicted molar refractivity (Wildman–Crippen MR) is 107 cm³/mol. The van der Waals surface area contributed by atoms with E-state index in [4.69, 9.17) is 20.6 Å². The molecule has 1 saturated carbocycles. The van der Waals surface area contributed by atoms with Crippen molar-refractivity contribution in [2.75, 3.05) is 30.3 Å². The molecule has 2 fully saturated rings. The van der Waals surface area contributed by atoms with E-state index < -0.39 is 0 Å². The lowest BCUT2D eigenvalue weighted by Gasteiger charge is -2.34. The van der Waals surface area contributed by atoms with Crippen LogP contribution in [-0.2, 0) is 4.74 Å². The minimum absolute atomic E-state index is 0.0381. The van der Waals surface area contributed by atoms with Crippen molar-refractivity contribution in [2.45, 2.75) is 38.4 Å². The lowest BCUT2D eigenvalue weighted by Crippen LogP contribution is -2.44. The normalized spacial score (nSPS) is 18.0. The summed E-state index contributed by atoms with van der Waals surface area (Å²) < 4.78 is 11.7. The summed E-state index contributed by atoms with van der Waals surface area (Å²) in [6.07, 6.45) is 4.08. The first-order valence-corrected chi connectivity index (χ1v) is 9.46. The van der Waals surface area contributed by atoms with Crippen molar-refractivity contribution >= 4 is 17.2 Å². The highest BCUT2D eigenvalue weighted by molar-refractivity contribution is 6.14. The molecule has 0 bridgehead atoms. The molecule has 3 N–H and O–H groups in total. The molecule has 2 heterocycles. The molecule has 6 nitrogen and oxygen atoms in total. The standard InChI is InChI=1S/C21H26N4O2/c1-14(2)27-16-3-4-18(22)17(12-16)20(23)15-5-8-24-19(11-15)25-9-10-26-21(13-25)6-7-21/h3-5,8,11-12,14,23H,6-7,9-10,13,22H2,1-2H3. The first-order chi connectivity index (χ1) is 13.0. The summed E-state index contributed by atoms with van der Waals surface area (Å²) in [7, 11) is 0. The maximum Gasteiger partial charge on any atom is 0.129 e. The first kappa shape index (κ1) is 17.8. The second-order valence-corrected chi connectivity index (χ2v) is 7.65. The predicted octanol–water partition coefficient (Wildman–Crippen LogP) is 3.24. The average molecular weight is 366 g/mol. The third-order valence-electron chi connectivity index (χ3n) is 5.08. The fourth-order valence-corrected chi connectivity index (χ4v) is 3.48. The van der Waals surface area contributed by atoms with Crippen LogP contribution in [0, 0.1) is 5.41 Å². The quantitative estimate of drug-likeness (QED) is 0.627. The van der Waals surface area contributed by atoms with E-state index in [0.717, 1.165) is 49.7 Å². The molecule has 0 unspecified atom stereocenters. The number of ether oxygens (including phenoxy) is 2. The highest BCUT2D eigenvalue weighted by Gasteiger charge is 2.47. The van der Waals surface area contributed by atoms with Gasteiger partial charge in [0.1, 0.15) is 11.6 Å². The van der Waals surface area contributed by atoms with Crippen LogP contribution in [0.3, 0.4) is 0 Å². The molecule has 0 amide bonds. The minimum Gasteiger partial charge on any atom is -0.491 e. The zero-order chi connectivity index (χ0) is 19.0. The van der Waals surface area contributed by atoms with Crippen molar-refractivity contribution < 1.29 is 9.47 Å². The number of nitrogens with zero attached hydrogens (tertiary/aromatic N) is 2. The number of aromatic nitrogens is 1. The highest BCUT2D eigenvalue weighted by atomic mass is 16.5. The maximum absolute atomic E-state index is 8.69. The van der Waals surface area contributed by atoms with Gasteiger partial charge in [-0.2, -0.15) is 0 Å². The Morgan fingerprint density at radius 3 is 2.85 bits per heavy atom. The van der Waals surface area contributed by atoms with Gasteiger partial charge in [0.2, 0.25) is 0 Å². The Kier molecular flexibility index (Phi) is 4.52. The van der Waals surface area contributed by atoms with Crippen molar-refractivity contribution in [1.29, 1.82) is 5.41 Å². The lowest BCUT2D eigenvalue weighted by molar-refractivity contribution is 0.0204. The van der Waals surface area contributed by atoms with Gasteiger partial charge >= 0.3 is 0 Å². The average Bonchev–Trinajstić information content (AvgIpc) is 3.41. The summed E-state index contributed by atoms with van der Waals surface area (Å²) >= 11 is 0. The smallest absolute Gasteiger partial charge is 0.129 e. The van der Waals surface area contributed by atoms with E-state index in [0.29, 0.717) is 17.0 Å². The van der Waals surface area contributed by atoms with Crippen LogP contribution in [0.4, 0.5) is 11.5 Å². The second-order valence-electron chi connectivity index (χ2n) is 7.65. The van der Waals surface area contributed by atoms with Crippen LogP contribution in [-0.4, -0.2) is 42.1 Å². The Bertz CT molecular complexity index is 861. The van der Waals surface area contributed by atoms with Crippen LogP contribution < -0.4 is 15.4 Å². The molecule has 0 radical (unpaired) electrons. The van der Waals surface area contributed by atoms with Gasteiger partial charge in [-0.1, -0.05) is 0 Å². The monoisotopic (exact) mass is 366 g/mol. The summed E-state index contributed by atoms with van der Waals surface area (Å²) in [6, 6.07) is 9.30. The van der Waals surface area contributed by atoms with Crippen molar-refractivity contribution in [3.63, 3.8) is 0 Å². The molecule has 6 heteroatoms. The Morgan fingerprint density at radius 2 is 2.11 bits per heavy atom. The summed E-state index contributed by atoms with van der Waals surface area (Å²) in [4.78, 5) is 6.79. The van der Waals surface area contributed by atoms with E-state index in [-0.39, 0.29) is 11.7 Å². The van der Waals surface area contributed by atoms with Gasteiger partial charge in [-0.3, -0.25) is 5.41 Å². The number of hydrogen-bond acceptors (Lipinski definition) is 6. The van der Waals surface area contributed by atoms with Crippen LogP contribution in [0.25, 0.3) is 0 Å². The van der Waals surface area contributed by atoms with E-state index in [1.54, 1.807) is 12.3 Å². The Balaban J connectivity index is 1.59. The van der Waals surface area contributed by atoms with Gasteiger partial charge in [-0.25, -0.2) is 4.98 Å². The molecule has 0 atom stereocenters. The minimum atomic E-state index is 0.0381. The lowest BCUT2D eigenvalue weighted by atomic mass is 10.0. The number of hydrogen-bond donors (Lipinski definition) is 2. The van der Waals surface area contributed by atoms with Crippen LogP contribution >= 0.6 is 0 Å². The Labute approximate surface area is 159 Å². The SMILES string of the molecule is CC(C)Oc1ccc(N)c(C(=N)c2ccnc(N3CCOC4(CC4)C3)c2)c1. The molecule has 1 saturated heterocycles. The van der Waals surface area contributed by atoms with Gasteiger partial charge in [0.25, 0.3) is 0 Å². The van der Waals surface area contributed by atoms with Gasteiger partial charge in [0.15, 0.2) is 0 Å². The number of nitrogens with two attached hydrogens (primary N) is 1. The van der Waals surface area contributed by atoms with Crippen LogP contribution in [0.15, 0.2) is 36.5 Å². The topological polar surface area (TPSA) is 84.5 Å². The van der Waals surface area contributed by atoms with Crippen LogP contribution in [0.5, 0.6) is 5.75 Å². The molecule has 1 aliphatic heterocycles. The molecule has 1 aromatic heterocycles. The molecule has 27 heavy (non-hydrogen) atoms. The number of nitrogen functional groups attached to an aromatic ring is 1. The molecule has 4 rings (SSSR count). The van der Waals surface area contributed by atoms with Gasteiger partial charge in [0.05, 0.1) is 24.0 Å². The Morgan fingerprint density at radius 1 is 1.30 bits per heavy atom. The van der Waals surface area contributed by atoms with Crippen molar-refractivity contribution in [1.82, 2.24) is 4.98 Å². The zero-order valence-electron chi connectivity index (χ0n) is 15.9. The number of rotatable bonds is 5. The Hall–Kier alpha value is -2.60. The van der Waals surface area contributed by atoms with E-state index in [2.05, 4.69) is 9.88 Å². The van der Waals surface area contributed by atoms with E-state index in [1.165, 1.54) is 0 Å². The van der Waals surface area contributed by atoms with Gasteiger partial charge < -0.3 is 20.1 Å². The molecule has 2 aliphatic rings. The second kappa shape index (κ2) is 6.85.